The minimum absolute atomic E-state index is 0.0425. The van der Waals surface area contributed by atoms with Crippen molar-refractivity contribution in [1.29, 1.82) is 0 Å². The average Bonchev–Trinajstić information content (AvgIpc) is 2.94. The highest BCUT2D eigenvalue weighted by atomic mass is 16.4. The van der Waals surface area contributed by atoms with Gasteiger partial charge in [-0.25, -0.2) is 4.79 Å². The van der Waals surface area contributed by atoms with Gasteiger partial charge in [-0.05, 0) is 44.9 Å². The van der Waals surface area contributed by atoms with Crippen molar-refractivity contribution in [2.24, 2.45) is 0 Å². The Hall–Kier alpha value is -2.04. The number of carbonyl (C=O) groups is 1. The summed E-state index contributed by atoms with van der Waals surface area (Å²) in [6.45, 7) is 8.06. The first-order valence-electron chi connectivity index (χ1n) is 6.33. The number of furan rings is 1. The average molecular weight is 262 g/mol. The van der Waals surface area contributed by atoms with E-state index >= 15 is 0 Å². The SMILES string of the molecule is CCc1c(C)nn(C(C)c2ccc(C(=O)O)o2)c1C. The van der Waals surface area contributed by atoms with E-state index < -0.39 is 5.97 Å². The molecule has 0 radical (unpaired) electrons. The quantitative estimate of drug-likeness (QED) is 0.919. The Bertz CT molecular complexity index is 610. The van der Waals surface area contributed by atoms with Crippen LogP contribution in [0.1, 0.15) is 53.2 Å². The van der Waals surface area contributed by atoms with Crippen molar-refractivity contribution >= 4 is 5.97 Å². The van der Waals surface area contributed by atoms with Gasteiger partial charge in [0.05, 0.1) is 5.69 Å². The van der Waals surface area contributed by atoms with Crippen molar-refractivity contribution in [3.8, 4) is 0 Å². The van der Waals surface area contributed by atoms with Crippen LogP contribution in [0.5, 0.6) is 0 Å². The molecule has 0 aromatic carbocycles. The number of carboxylic acids is 1. The Labute approximate surface area is 111 Å². The summed E-state index contributed by atoms with van der Waals surface area (Å²) in [7, 11) is 0. The number of nitrogens with zero attached hydrogens (tertiary/aromatic N) is 2. The standard InChI is InChI=1S/C14H18N2O3/c1-5-11-8(2)15-16(9(11)3)10(4)12-6-7-13(19-12)14(17)18/h6-7,10H,5H2,1-4H3,(H,17,18). The number of carboxylic acid groups (broad SMARTS) is 1. The molecule has 1 N–H and O–H groups in total. The van der Waals surface area contributed by atoms with Crippen molar-refractivity contribution in [1.82, 2.24) is 9.78 Å². The molecule has 0 aliphatic carbocycles. The van der Waals surface area contributed by atoms with Crippen molar-refractivity contribution in [2.45, 2.75) is 40.2 Å². The highest BCUT2D eigenvalue weighted by Crippen LogP contribution is 2.24. The van der Waals surface area contributed by atoms with Gasteiger partial charge in [-0.3, -0.25) is 4.68 Å². The molecule has 102 valence electrons. The lowest BCUT2D eigenvalue weighted by Gasteiger charge is -2.12. The molecular formula is C14H18N2O3. The van der Waals surface area contributed by atoms with Gasteiger partial charge in [0.15, 0.2) is 0 Å². The fourth-order valence-electron chi connectivity index (χ4n) is 2.40. The first kappa shape index (κ1) is 13.4. The molecule has 0 aliphatic rings. The van der Waals surface area contributed by atoms with Gasteiger partial charge in [-0.2, -0.15) is 5.10 Å². The van der Waals surface area contributed by atoms with E-state index in [4.69, 9.17) is 9.52 Å². The normalized spacial score (nSPS) is 12.6. The molecule has 5 heteroatoms. The Morgan fingerprint density at radius 1 is 1.47 bits per heavy atom. The first-order valence-corrected chi connectivity index (χ1v) is 6.33. The molecule has 0 bridgehead atoms. The second kappa shape index (κ2) is 4.91. The summed E-state index contributed by atoms with van der Waals surface area (Å²) in [6.07, 6.45) is 0.933. The van der Waals surface area contributed by atoms with Gasteiger partial charge >= 0.3 is 5.97 Å². The molecule has 19 heavy (non-hydrogen) atoms. The molecular weight excluding hydrogens is 244 g/mol. The van der Waals surface area contributed by atoms with E-state index in [1.165, 1.54) is 11.6 Å². The molecule has 2 aromatic rings. The minimum atomic E-state index is -1.05. The number of aryl methyl sites for hydroxylation is 1. The maximum atomic E-state index is 10.8. The van der Waals surface area contributed by atoms with Crippen LogP contribution >= 0.6 is 0 Å². The van der Waals surface area contributed by atoms with Gasteiger partial charge < -0.3 is 9.52 Å². The third kappa shape index (κ3) is 2.28. The predicted octanol–water partition coefficient (Wildman–Crippen LogP) is 2.96. The van der Waals surface area contributed by atoms with Crippen molar-refractivity contribution in [3.63, 3.8) is 0 Å². The molecule has 0 fully saturated rings. The number of aromatic nitrogens is 2. The van der Waals surface area contributed by atoms with Crippen molar-refractivity contribution in [2.75, 3.05) is 0 Å². The van der Waals surface area contributed by atoms with Crippen LogP contribution in [-0.4, -0.2) is 20.9 Å². The van der Waals surface area contributed by atoms with Gasteiger partial charge in [0, 0.05) is 5.69 Å². The fourth-order valence-corrected chi connectivity index (χ4v) is 2.40. The van der Waals surface area contributed by atoms with Crippen LogP contribution in [0.25, 0.3) is 0 Å². The second-order valence-electron chi connectivity index (χ2n) is 4.63. The summed E-state index contributed by atoms with van der Waals surface area (Å²) in [5.74, 6) is -0.495. The van der Waals surface area contributed by atoms with Crippen LogP contribution in [0, 0.1) is 13.8 Å². The van der Waals surface area contributed by atoms with Gasteiger partial charge in [-0.15, -0.1) is 0 Å². The summed E-state index contributed by atoms with van der Waals surface area (Å²) in [5, 5.41) is 13.4. The maximum Gasteiger partial charge on any atom is 0.371 e. The second-order valence-corrected chi connectivity index (χ2v) is 4.63. The Balaban J connectivity index is 2.38. The smallest absolute Gasteiger partial charge is 0.371 e. The zero-order valence-electron chi connectivity index (χ0n) is 11.6. The summed E-state index contributed by atoms with van der Waals surface area (Å²) in [6, 6.07) is 3.05. The van der Waals surface area contributed by atoms with Gasteiger partial charge in [0.2, 0.25) is 5.76 Å². The molecule has 1 atom stereocenters. The Morgan fingerprint density at radius 3 is 2.63 bits per heavy atom. The number of hydrogen-bond acceptors (Lipinski definition) is 3. The van der Waals surface area contributed by atoms with Crippen LogP contribution in [0.4, 0.5) is 0 Å². The van der Waals surface area contributed by atoms with Crippen LogP contribution in [-0.2, 0) is 6.42 Å². The lowest BCUT2D eigenvalue weighted by Crippen LogP contribution is -2.10. The number of rotatable bonds is 4. The molecule has 0 saturated heterocycles. The third-order valence-electron chi connectivity index (χ3n) is 3.44. The highest BCUT2D eigenvalue weighted by molar-refractivity contribution is 5.84. The number of aromatic carboxylic acids is 1. The lowest BCUT2D eigenvalue weighted by atomic mass is 10.1. The maximum absolute atomic E-state index is 10.8. The third-order valence-corrected chi connectivity index (χ3v) is 3.44. The molecule has 2 rings (SSSR count). The van der Waals surface area contributed by atoms with Gasteiger partial charge in [0.25, 0.3) is 0 Å². The van der Waals surface area contributed by atoms with E-state index in [-0.39, 0.29) is 11.8 Å². The van der Waals surface area contributed by atoms with E-state index in [0.29, 0.717) is 5.76 Å². The Morgan fingerprint density at radius 2 is 2.16 bits per heavy atom. The van der Waals surface area contributed by atoms with Crippen LogP contribution in [0.2, 0.25) is 0 Å². The van der Waals surface area contributed by atoms with Crippen molar-refractivity contribution in [3.05, 3.63) is 40.6 Å². The highest BCUT2D eigenvalue weighted by Gasteiger charge is 2.19. The lowest BCUT2D eigenvalue weighted by molar-refractivity contribution is 0.0659. The van der Waals surface area contributed by atoms with Gasteiger partial charge in [-0.1, -0.05) is 6.92 Å². The molecule has 2 aromatic heterocycles. The minimum Gasteiger partial charge on any atom is -0.475 e. The molecule has 5 nitrogen and oxygen atoms in total. The van der Waals surface area contributed by atoms with E-state index in [2.05, 4.69) is 12.0 Å². The monoisotopic (exact) mass is 262 g/mol. The fraction of sp³-hybridized carbons (Fsp3) is 0.429. The molecule has 2 heterocycles. The topological polar surface area (TPSA) is 68.3 Å². The zero-order valence-corrected chi connectivity index (χ0v) is 11.6. The van der Waals surface area contributed by atoms with Crippen LogP contribution in [0.3, 0.4) is 0 Å². The van der Waals surface area contributed by atoms with Crippen molar-refractivity contribution < 1.29 is 14.3 Å². The van der Waals surface area contributed by atoms with E-state index in [9.17, 15) is 4.79 Å². The summed E-state index contributed by atoms with van der Waals surface area (Å²) >= 11 is 0. The summed E-state index contributed by atoms with van der Waals surface area (Å²) < 4.78 is 7.23. The number of hydrogen-bond donors (Lipinski definition) is 1. The van der Waals surface area contributed by atoms with Crippen LogP contribution in [0.15, 0.2) is 16.5 Å². The molecule has 0 amide bonds. The summed E-state index contributed by atoms with van der Waals surface area (Å²) in [5.41, 5.74) is 3.34. The first-order chi connectivity index (χ1) is 8.95. The largest absolute Gasteiger partial charge is 0.475 e. The van der Waals surface area contributed by atoms with E-state index in [1.807, 2.05) is 25.5 Å². The zero-order chi connectivity index (χ0) is 14.2. The molecule has 0 aliphatic heterocycles. The van der Waals surface area contributed by atoms with Crippen LogP contribution < -0.4 is 0 Å². The molecule has 0 saturated carbocycles. The predicted molar refractivity (Wildman–Crippen MR) is 70.6 cm³/mol. The van der Waals surface area contributed by atoms with Gasteiger partial charge in [0.1, 0.15) is 11.8 Å². The molecule has 0 spiro atoms. The summed E-state index contributed by atoms with van der Waals surface area (Å²) in [4.78, 5) is 10.8. The van der Waals surface area contributed by atoms with E-state index in [0.717, 1.165) is 17.8 Å². The Kier molecular flexibility index (Phi) is 3.46. The van der Waals surface area contributed by atoms with E-state index in [1.54, 1.807) is 6.07 Å². The molecule has 1 unspecified atom stereocenters.